The third kappa shape index (κ3) is 1.62. The molecule has 0 fully saturated rings. The van der Waals surface area contributed by atoms with E-state index in [4.69, 9.17) is 0 Å². The average molecular weight is 205 g/mol. The molecule has 0 saturated carbocycles. The van der Waals surface area contributed by atoms with Crippen molar-refractivity contribution in [2.75, 3.05) is 0 Å². The van der Waals surface area contributed by atoms with Gasteiger partial charge in [0.05, 0.1) is 0 Å². The van der Waals surface area contributed by atoms with Gasteiger partial charge < -0.3 is 4.98 Å². The quantitative estimate of drug-likeness (QED) is 0.711. The molecule has 15 heavy (non-hydrogen) atoms. The van der Waals surface area contributed by atoms with Gasteiger partial charge in [-0.25, -0.2) is 0 Å². The van der Waals surface area contributed by atoms with Crippen LogP contribution in [-0.4, -0.2) is 4.98 Å². The standard InChI is InChI=1S/C14H23N/c1-9(2)12-10(3)15-13-11(12)7-6-8-14(13,4)5/h9,15H,6-8H2,1-5H3. The van der Waals surface area contributed by atoms with E-state index in [1.54, 1.807) is 11.1 Å². The van der Waals surface area contributed by atoms with Crippen LogP contribution in [0.1, 0.15) is 69.0 Å². The lowest BCUT2D eigenvalue weighted by atomic mass is 9.75. The minimum Gasteiger partial charge on any atom is -0.362 e. The zero-order valence-corrected chi connectivity index (χ0v) is 10.7. The van der Waals surface area contributed by atoms with Crippen molar-refractivity contribution in [2.45, 2.75) is 65.2 Å². The molecule has 0 spiro atoms. The summed E-state index contributed by atoms with van der Waals surface area (Å²) in [6.45, 7) is 11.6. The first kappa shape index (κ1) is 10.8. The van der Waals surface area contributed by atoms with Crippen LogP contribution >= 0.6 is 0 Å². The summed E-state index contributed by atoms with van der Waals surface area (Å²) < 4.78 is 0. The van der Waals surface area contributed by atoms with E-state index in [0.717, 1.165) is 0 Å². The number of aromatic amines is 1. The minimum atomic E-state index is 0.353. The number of hydrogen-bond acceptors (Lipinski definition) is 0. The third-order valence-corrected chi connectivity index (χ3v) is 3.83. The van der Waals surface area contributed by atoms with Gasteiger partial charge in [0.25, 0.3) is 0 Å². The minimum absolute atomic E-state index is 0.353. The van der Waals surface area contributed by atoms with Gasteiger partial charge in [-0.05, 0) is 43.2 Å². The van der Waals surface area contributed by atoms with Crippen molar-refractivity contribution in [1.82, 2.24) is 4.98 Å². The number of fused-ring (bicyclic) bond motifs is 1. The van der Waals surface area contributed by atoms with Gasteiger partial charge in [-0.15, -0.1) is 0 Å². The van der Waals surface area contributed by atoms with Crippen LogP contribution < -0.4 is 0 Å². The number of aromatic nitrogens is 1. The van der Waals surface area contributed by atoms with Gasteiger partial charge in [0.15, 0.2) is 0 Å². The fourth-order valence-corrected chi connectivity index (χ4v) is 3.14. The maximum atomic E-state index is 3.64. The SMILES string of the molecule is Cc1[nH]c2c(c1C(C)C)CCCC2(C)C. The summed E-state index contributed by atoms with van der Waals surface area (Å²) in [5.41, 5.74) is 6.46. The molecule has 1 N–H and O–H groups in total. The Morgan fingerprint density at radius 1 is 1.27 bits per heavy atom. The average Bonchev–Trinajstić information content (AvgIpc) is 2.42. The van der Waals surface area contributed by atoms with Crippen molar-refractivity contribution in [3.63, 3.8) is 0 Å². The number of aryl methyl sites for hydroxylation is 1. The number of nitrogens with one attached hydrogen (secondary N) is 1. The summed E-state index contributed by atoms with van der Waals surface area (Å²) in [6, 6.07) is 0. The van der Waals surface area contributed by atoms with Gasteiger partial charge in [-0.3, -0.25) is 0 Å². The van der Waals surface area contributed by atoms with E-state index in [9.17, 15) is 0 Å². The largest absolute Gasteiger partial charge is 0.362 e. The molecule has 0 amide bonds. The molecule has 1 aromatic heterocycles. The highest BCUT2D eigenvalue weighted by atomic mass is 14.8. The second kappa shape index (κ2) is 3.40. The molecular weight excluding hydrogens is 182 g/mol. The predicted octanol–water partition coefficient (Wildman–Crippen LogP) is 4.06. The zero-order valence-electron chi connectivity index (χ0n) is 10.7. The molecule has 0 bridgehead atoms. The van der Waals surface area contributed by atoms with Crippen LogP contribution in [0.25, 0.3) is 0 Å². The first-order chi connectivity index (χ1) is 6.93. The molecule has 1 heterocycles. The predicted molar refractivity (Wildman–Crippen MR) is 65.6 cm³/mol. The number of hydrogen-bond donors (Lipinski definition) is 1. The van der Waals surface area contributed by atoms with E-state index in [1.807, 2.05) is 0 Å². The number of H-pyrrole nitrogens is 1. The first-order valence-electron chi connectivity index (χ1n) is 6.15. The van der Waals surface area contributed by atoms with E-state index in [-0.39, 0.29) is 0 Å². The van der Waals surface area contributed by atoms with Crippen LogP contribution in [0.2, 0.25) is 0 Å². The lowest BCUT2D eigenvalue weighted by Crippen LogP contribution is -2.24. The monoisotopic (exact) mass is 205 g/mol. The molecule has 0 aliphatic heterocycles. The van der Waals surface area contributed by atoms with E-state index < -0.39 is 0 Å². The van der Waals surface area contributed by atoms with Crippen molar-refractivity contribution < 1.29 is 0 Å². The van der Waals surface area contributed by atoms with Crippen LogP contribution in [0.4, 0.5) is 0 Å². The van der Waals surface area contributed by atoms with Gasteiger partial charge in [-0.1, -0.05) is 27.7 Å². The van der Waals surface area contributed by atoms with Crippen molar-refractivity contribution in [3.8, 4) is 0 Å². The second-order valence-electron chi connectivity index (χ2n) is 5.91. The summed E-state index contributed by atoms with van der Waals surface area (Å²) in [5.74, 6) is 0.652. The topological polar surface area (TPSA) is 15.8 Å². The molecule has 0 atom stereocenters. The molecular formula is C14H23N. The normalized spacial score (nSPS) is 19.3. The molecule has 1 aliphatic carbocycles. The highest BCUT2D eigenvalue weighted by Crippen LogP contribution is 2.40. The lowest BCUT2D eigenvalue weighted by Gasteiger charge is -2.30. The van der Waals surface area contributed by atoms with Crippen LogP contribution in [-0.2, 0) is 11.8 Å². The van der Waals surface area contributed by atoms with Crippen molar-refractivity contribution in [2.24, 2.45) is 0 Å². The summed E-state index contributed by atoms with van der Waals surface area (Å²) in [5, 5.41) is 0. The van der Waals surface area contributed by atoms with Crippen molar-refractivity contribution >= 4 is 0 Å². The molecule has 84 valence electrons. The van der Waals surface area contributed by atoms with E-state index >= 15 is 0 Å². The van der Waals surface area contributed by atoms with E-state index in [0.29, 0.717) is 11.3 Å². The van der Waals surface area contributed by atoms with Crippen LogP contribution in [0.15, 0.2) is 0 Å². The maximum Gasteiger partial charge on any atom is 0.0242 e. The Morgan fingerprint density at radius 2 is 1.93 bits per heavy atom. The molecule has 1 nitrogen and oxygen atoms in total. The van der Waals surface area contributed by atoms with Crippen LogP contribution in [0, 0.1) is 6.92 Å². The highest BCUT2D eigenvalue weighted by Gasteiger charge is 2.31. The molecule has 0 unspecified atom stereocenters. The summed E-state index contributed by atoms with van der Waals surface area (Å²) in [7, 11) is 0. The Balaban J connectivity index is 2.58. The Bertz CT molecular complexity index is 369. The lowest BCUT2D eigenvalue weighted by molar-refractivity contribution is 0.421. The van der Waals surface area contributed by atoms with E-state index in [1.165, 1.54) is 30.7 Å². The molecule has 1 heteroatoms. The highest BCUT2D eigenvalue weighted by molar-refractivity contribution is 5.43. The second-order valence-corrected chi connectivity index (χ2v) is 5.91. The first-order valence-corrected chi connectivity index (χ1v) is 6.15. The number of rotatable bonds is 1. The summed E-state index contributed by atoms with van der Waals surface area (Å²) in [4.78, 5) is 3.64. The zero-order chi connectivity index (χ0) is 11.2. The van der Waals surface area contributed by atoms with Crippen LogP contribution in [0.3, 0.4) is 0 Å². The molecule has 1 aromatic rings. The summed E-state index contributed by atoms with van der Waals surface area (Å²) >= 11 is 0. The van der Waals surface area contributed by atoms with Gasteiger partial charge >= 0.3 is 0 Å². The molecule has 0 radical (unpaired) electrons. The fourth-order valence-electron chi connectivity index (χ4n) is 3.14. The molecule has 1 aliphatic rings. The Kier molecular flexibility index (Phi) is 2.44. The van der Waals surface area contributed by atoms with Crippen molar-refractivity contribution in [3.05, 3.63) is 22.5 Å². The van der Waals surface area contributed by atoms with Gasteiger partial charge in [-0.2, -0.15) is 0 Å². The Morgan fingerprint density at radius 3 is 2.53 bits per heavy atom. The van der Waals surface area contributed by atoms with Gasteiger partial charge in [0.1, 0.15) is 0 Å². The molecule has 0 aromatic carbocycles. The Labute approximate surface area is 93.3 Å². The van der Waals surface area contributed by atoms with Crippen molar-refractivity contribution in [1.29, 1.82) is 0 Å². The van der Waals surface area contributed by atoms with Crippen LogP contribution in [0.5, 0.6) is 0 Å². The third-order valence-electron chi connectivity index (χ3n) is 3.83. The molecule has 2 rings (SSSR count). The van der Waals surface area contributed by atoms with Gasteiger partial charge in [0, 0.05) is 16.8 Å². The van der Waals surface area contributed by atoms with E-state index in [2.05, 4.69) is 39.6 Å². The Hall–Kier alpha value is -0.720. The van der Waals surface area contributed by atoms with Gasteiger partial charge in [0.2, 0.25) is 0 Å². The maximum absolute atomic E-state index is 3.64. The molecule has 0 saturated heterocycles. The smallest absolute Gasteiger partial charge is 0.0242 e. The summed E-state index contributed by atoms with van der Waals surface area (Å²) in [6.07, 6.45) is 3.94. The fraction of sp³-hybridized carbons (Fsp3) is 0.714.